The van der Waals surface area contributed by atoms with Crippen molar-refractivity contribution in [1.82, 2.24) is 15.4 Å². The Kier molecular flexibility index (Phi) is 6.93. The number of rotatable bonds is 7. The summed E-state index contributed by atoms with van der Waals surface area (Å²) in [6.07, 6.45) is 6.68. The van der Waals surface area contributed by atoms with Gasteiger partial charge in [0.15, 0.2) is 10.7 Å². The second kappa shape index (κ2) is 9.53. The van der Waals surface area contributed by atoms with Crippen molar-refractivity contribution in [2.75, 3.05) is 20.1 Å². The van der Waals surface area contributed by atoms with Crippen LogP contribution < -0.4 is 9.50 Å². The average molecular weight is 462 g/mol. The number of aryl methyl sites for hydroxylation is 3. The normalized spacial score (nSPS) is 20.8. The van der Waals surface area contributed by atoms with Crippen molar-refractivity contribution in [1.29, 1.82) is 0 Å². The number of nitrogens with one attached hydrogen (secondary N) is 1. The Balaban J connectivity index is 1.50. The van der Waals surface area contributed by atoms with Crippen LogP contribution in [-0.4, -0.2) is 50.7 Å². The molecule has 7 nitrogen and oxygen atoms in total. The van der Waals surface area contributed by atoms with Crippen molar-refractivity contribution >= 4 is 10.1 Å². The average Bonchev–Trinajstić information content (AvgIpc) is 3.13. The van der Waals surface area contributed by atoms with Crippen LogP contribution in [0.25, 0.3) is 0 Å². The maximum absolute atomic E-state index is 12.8. The Hall–Kier alpha value is -1.90. The van der Waals surface area contributed by atoms with E-state index >= 15 is 0 Å². The van der Waals surface area contributed by atoms with Gasteiger partial charge in [-0.05, 0) is 102 Å². The van der Waals surface area contributed by atoms with Gasteiger partial charge in [-0.1, -0.05) is 18.1 Å². The molecule has 2 heterocycles. The standard InChI is InChI=1S/C24H35N3O4S/c1-5-23(19-10-12-25-13-11-19)27(4)21-8-6-18-7-9-22(15-20(18)14-21)31-32(28,29)24-16(2)26-30-17(24)3/h7,9,15,19,21,23,25H,5-6,8,10-14H2,1-4H3. The molecule has 0 saturated carbocycles. The Morgan fingerprint density at radius 3 is 2.62 bits per heavy atom. The minimum Gasteiger partial charge on any atom is -0.379 e. The van der Waals surface area contributed by atoms with E-state index in [9.17, 15) is 8.42 Å². The second-order valence-corrected chi connectivity index (χ2v) is 10.7. The summed E-state index contributed by atoms with van der Waals surface area (Å²) in [5.74, 6) is 1.32. The fraction of sp³-hybridized carbons (Fsp3) is 0.625. The van der Waals surface area contributed by atoms with E-state index < -0.39 is 10.1 Å². The zero-order valence-corrected chi connectivity index (χ0v) is 20.4. The van der Waals surface area contributed by atoms with Crippen molar-refractivity contribution in [3.05, 3.63) is 40.8 Å². The summed E-state index contributed by atoms with van der Waals surface area (Å²) in [6.45, 7) is 7.71. The van der Waals surface area contributed by atoms with Crippen molar-refractivity contribution in [3.63, 3.8) is 0 Å². The third kappa shape index (κ3) is 4.72. The molecule has 1 aromatic heterocycles. The highest BCUT2D eigenvalue weighted by molar-refractivity contribution is 7.87. The zero-order valence-electron chi connectivity index (χ0n) is 19.6. The van der Waals surface area contributed by atoms with E-state index in [1.54, 1.807) is 19.9 Å². The molecule has 2 atom stereocenters. The van der Waals surface area contributed by atoms with E-state index in [-0.39, 0.29) is 10.7 Å². The Morgan fingerprint density at radius 2 is 1.97 bits per heavy atom. The van der Waals surface area contributed by atoms with Crippen LogP contribution in [0.15, 0.2) is 27.6 Å². The molecule has 8 heteroatoms. The van der Waals surface area contributed by atoms with Gasteiger partial charge in [0, 0.05) is 12.1 Å². The predicted molar refractivity (Wildman–Crippen MR) is 123 cm³/mol. The number of nitrogens with zero attached hydrogens (tertiary/aromatic N) is 2. The van der Waals surface area contributed by atoms with Crippen LogP contribution in [0.3, 0.4) is 0 Å². The van der Waals surface area contributed by atoms with E-state index in [0.717, 1.165) is 44.7 Å². The van der Waals surface area contributed by atoms with Gasteiger partial charge in [-0.25, -0.2) is 0 Å². The summed E-state index contributed by atoms with van der Waals surface area (Å²) in [6, 6.07) is 6.70. The highest BCUT2D eigenvalue weighted by Gasteiger charge is 2.32. The van der Waals surface area contributed by atoms with E-state index in [1.165, 1.54) is 24.0 Å². The monoisotopic (exact) mass is 461 g/mol. The molecule has 1 aromatic carbocycles. The quantitative estimate of drug-likeness (QED) is 0.630. The van der Waals surface area contributed by atoms with E-state index in [1.807, 2.05) is 12.1 Å². The zero-order chi connectivity index (χ0) is 22.9. The number of aromatic nitrogens is 1. The lowest BCUT2D eigenvalue weighted by Crippen LogP contribution is -2.48. The smallest absolute Gasteiger partial charge is 0.344 e. The number of likely N-dealkylation sites (N-methyl/N-ethyl adjacent to an activating group) is 1. The number of hydrogen-bond donors (Lipinski definition) is 1. The first-order valence-electron chi connectivity index (χ1n) is 11.7. The first kappa shape index (κ1) is 23.3. The van der Waals surface area contributed by atoms with Crippen LogP contribution in [0.2, 0.25) is 0 Å². The van der Waals surface area contributed by atoms with E-state index in [4.69, 9.17) is 8.71 Å². The fourth-order valence-corrected chi connectivity index (χ4v) is 6.80. The number of hydrogen-bond acceptors (Lipinski definition) is 7. The van der Waals surface area contributed by atoms with E-state index in [2.05, 4.69) is 29.3 Å². The number of piperidine rings is 1. The molecule has 4 rings (SSSR count). The molecule has 1 aliphatic heterocycles. The van der Waals surface area contributed by atoms with Gasteiger partial charge in [-0.3, -0.25) is 4.90 Å². The maximum Gasteiger partial charge on any atom is 0.344 e. The summed E-state index contributed by atoms with van der Waals surface area (Å²) in [7, 11) is -1.72. The second-order valence-electron chi connectivity index (χ2n) is 9.25. The molecule has 2 aliphatic rings. The Bertz CT molecular complexity index is 1020. The van der Waals surface area contributed by atoms with Crippen molar-refractivity contribution in [3.8, 4) is 5.75 Å². The molecule has 0 spiro atoms. The first-order chi connectivity index (χ1) is 15.3. The molecule has 2 aromatic rings. The molecule has 0 bridgehead atoms. The molecule has 0 amide bonds. The van der Waals surface area contributed by atoms with Gasteiger partial charge in [0.25, 0.3) is 0 Å². The summed E-state index contributed by atoms with van der Waals surface area (Å²) < 4.78 is 36.1. The molecule has 2 unspecified atom stereocenters. The minimum absolute atomic E-state index is 0.0144. The topological polar surface area (TPSA) is 84.7 Å². The molecule has 176 valence electrons. The number of fused-ring (bicyclic) bond motifs is 1. The van der Waals surface area contributed by atoms with Crippen LogP contribution in [0, 0.1) is 19.8 Å². The summed E-state index contributed by atoms with van der Waals surface area (Å²) in [5.41, 5.74) is 2.78. The molecular weight excluding hydrogens is 426 g/mol. The number of benzene rings is 1. The molecule has 1 fully saturated rings. The summed E-state index contributed by atoms with van der Waals surface area (Å²) >= 11 is 0. The van der Waals surface area contributed by atoms with Crippen LogP contribution in [-0.2, 0) is 23.0 Å². The van der Waals surface area contributed by atoms with Crippen molar-refractivity contribution < 1.29 is 17.1 Å². The SMILES string of the molecule is CCC(C1CCNCC1)N(C)C1CCc2ccc(OS(=O)(=O)c3c(C)noc3C)cc2C1. The van der Waals surface area contributed by atoms with Gasteiger partial charge in [-0.15, -0.1) is 0 Å². The van der Waals surface area contributed by atoms with Gasteiger partial charge in [0.1, 0.15) is 11.4 Å². The molecule has 1 aliphatic carbocycles. The van der Waals surface area contributed by atoms with Gasteiger partial charge in [-0.2, -0.15) is 8.42 Å². The molecular formula is C24H35N3O4S. The van der Waals surface area contributed by atoms with E-state index in [0.29, 0.717) is 23.5 Å². The Morgan fingerprint density at radius 1 is 1.22 bits per heavy atom. The van der Waals surface area contributed by atoms with Gasteiger partial charge >= 0.3 is 10.1 Å². The first-order valence-corrected chi connectivity index (χ1v) is 13.1. The van der Waals surface area contributed by atoms with Gasteiger partial charge in [0.05, 0.1) is 0 Å². The summed E-state index contributed by atoms with van der Waals surface area (Å²) in [5, 5.41) is 7.22. The molecule has 1 N–H and O–H groups in total. The predicted octanol–water partition coefficient (Wildman–Crippen LogP) is 3.63. The van der Waals surface area contributed by atoms with Crippen LogP contribution in [0.4, 0.5) is 0 Å². The highest BCUT2D eigenvalue weighted by Crippen LogP contribution is 2.32. The van der Waals surface area contributed by atoms with Crippen molar-refractivity contribution in [2.24, 2.45) is 5.92 Å². The minimum atomic E-state index is -3.99. The third-order valence-corrected chi connectivity index (χ3v) is 8.74. The molecule has 1 saturated heterocycles. The van der Waals surface area contributed by atoms with Crippen LogP contribution in [0.5, 0.6) is 5.75 Å². The lowest BCUT2D eigenvalue weighted by atomic mass is 9.83. The lowest BCUT2D eigenvalue weighted by molar-refractivity contribution is 0.0937. The lowest BCUT2D eigenvalue weighted by Gasteiger charge is -2.42. The van der Waals surface area contributed by atoms with Gasteiger partial charge < -0.3 is 14.0 Å². The van der Waals surface area contributed by atoms with Crippen LogP contribution in [0.1, 0.15) is 55.2 Å². The van der Waals surface area contributed by atoms with Gasteiger partial charge in [0.2, 0.25) is 0 Å². The Labute approximate surface area is 191 Å². The van der Waals surface area contributed by atoms with Crippen molar-refractivity contribution in [2.45, 2.75) is 76.3 Å². The molecule has 32 heavy (non-hydrogen) atoms. The maximum atomic E-state index is 12.8. The summed E-state index contributed by atoms with van der Waals surface area (Å²) in [4.78, 5) is 2.60. The third-order valence-electron chi connectivity index (χ3n) is 7.25. The highest BCUT2D eigenvalue weighted by atomic mass is 32.2. The van der Waals surface area contributed by atoms with Crippen LogP contribution >= 0.6 is 0 Å². The largest absolute Gasteiger partial charge is 0.379 e. The molecule has 0 radical (unpaired) electrons. The fourth-order valence-electron chi connectivity index (χ4n) is 5.57.